The molecule has 148 valence electrons. The molecule has 0 N–H and O–H groups in total. The molecule has 0 spiro atoms. The van der Waals surface area contributed by atoms with Crippen molar-refractivity contribution >= 4 is 5.88 Å². The molecule has 0 aliphatic carbocycles. The number of nitrogens with zero attached hydrogens (tertiary/aromatic N) is 3. The van der Waals surface area contributed by atoms with Crippen LogP contribution in [0.1, 0.15) is 35.6 Å². The largest absolute Gasteiger partial charge is 0.484 e. The lowest BCUT2D eigenvalue weighted by Gasteiger charge is -2.31. The number of anilines is 1. The van der Waals surface area contributed by atoms with E-state index in [0.29, 0.717) is 23.4 Å². The lowest BCUT2D eigenvalue weighted by atomic mass is 9.90. The molecule has 5 heteroatoms. The van der Waals surface area contributed by atoms with Gasteiger partial charge in [0.15, 0.2) is 6.61 Å². The van der Waals surface area contributed by atoms with Crippen LogP contribution in [-0.2, 0) is 13.0 Å². The van der Waals surface area contributed by atoms with Gasteiger partial charge in [-0.15, -0.1) is 0 Å². The average molecular weight is 387 g/mol. The fourth-order valence-corrected chi connectivity index (χ4v) is 3.77. The number of hydrogen-bond acceptors (Lipinski definition) is 5. The summed E-state index contributed by atoms with van der Waals surface area (Å²) in [5.74, 6) is 2.43. The van der Waals surface area contributed by atoms with Crippen LogP contribution in [0.4, 0.5) is 5.88 Å². The average Bonchev–Trinajstić information content (AvgIpc) is 3.18. The Kier molecular flexibility index (Phi) is 5.81. The number of aryl methyl sites for hydroxylation is 1. The first kappa shape index (κ1) is 19.1. The van der Waals surface area contributed by atoms with Gasteiger partial charge in [0.25, 0.3) is 0 Å². The quantitative estimate of drug-likeness (QED) is 0.602. The molecule has 0 amide bonds. The van der Waals surface area contributed by atoms with Gasteiger partial charge in [0, 0.05) is 13.1 Å². The van der Waals surface area contributed by atoms with E-state index in [1.165, 1.54) is 11.1 Å². The molecule has 0 saturated carbocycles. The third-order valence-electron chi connectivity index (χ3n) is 5.41. The highest BCUT2D eigenvalue weighted by Crippen LogP contribution is 2.29. The summed E-state index contributed by atoms with van der Waals surface area (Å²) in [5, 5.41) is 9.49. The van der Waals surface area contributed by atoms with Crippen LogP contribution in [0.15, 0.2) is 59.0 Å². The highest BCUT2D eigenvalue weighted by molar-refractivity contribution is 5.48. The highest BCUT2D eigenvalue weighted by Gasteiger charge is 2.25. The SMILES string of the molecule is Cc1ccc(OCc2nc(C#N)c(N3CCC(Cc4ccccc4)CC3)o2)cc1. The maximum atomic E-state index is 9.49. The zero-order chi connectivity index (χ0) is 20.1. The van der Waals surface area contributed by atoms with Gasteiger partial charge in [-0.25, -0.2) is 0 Å². The highest BCUT2D eigenvalue weighted by atomic mass is 16.5. The van der Waals surface area contributed by atoms with Crippen molar-refractivity contribution in [2.45, 2.75) is 32.8 Å². The van der Waals surface area contributed by atoms with E-state index >= 15 is 0 Å². The van der Waals surface area contributed by atoms with Crippen LogP contribution in [-0.4, -0.2) is 18.1 Å². The number of benzene rings is 2. The van der Waals surface area contributed by atoms with Crippen LogP contribution in [0.2, 0.25) is 0 Å². The van der Waals surface area contributed by atoms with E-state index in [4.69, 9.17) is 9.15 Å². The lowest BCUT2D eigenvalue weighted by Crippen LogP contribution is -2.34. The van der Waals surface area contributed by atoms with E-state index in [-0.39, 0.29) is 6.61 Å². The summed E-state index contributed by atoms with van der Waals surface area (Å²) in [4.78, 5) is 6.47. The maximum absolute atomic E-state index is 9.49. The number of nitriles is 1. The number of oxazole rings is 1. The monoisotopic (exact) mass is 387 g/mol. The molecule has 2 aromatic carbocycles. The van der Waals surface area contributed by atoms with Gasteiger partial charge in [0.05, 0.1) is 0 Å². The Balaban J connectivity index is 1.36. The molecule has 3 aromatic rings. The van der Waals surface area contributed by atoms with Crippen molar-refractivity contribution in [3.63, 3.8) is 0 Å². The zero-order valence-electron chi connectivity index (χ0n) is 16.7. The van der Waals surface area contributed by atoms with Gasteiger partial charge in [0.1, 0.15) is 11.8 Å². The van der Waals surface area contributed by atoms with Crippen LogP contribution in [0.3, 0.4) is 0 Å². The zero-order valence-corrected chi connectivity index (χ0v) is 16.7. The molecule has 29 heavy (non-hydrogen) atoms. The number of piperidine rings is 1. The van der Waals surface area contributed by atoms with E-state index in [1.54, 1.807) is 0 Å². The van der Waals surface area contributed by atoms with Gasteiger partial charge in [0.2, 0.25) is 17.5 Å². The van der Waals surface area contributed by atoms with E-state index in [2.05, 4.69) is 46.3 Å². The van der Waals surface area contributed by atoms with Crippen molar-refractivity contribution in [1.82, 2.24) is 4.98 Å². The van der Waals surface area contributed by atoms with E-state index in [9.17, 15) is 5.26 Å². The standard InChI is InChI=1S/C24H25N3O2/c1-18-7-9-21(10-8-18)28-17-23-26-22(16-25)24(29-23)27-13-11-20(12-14-27)15-19-5-3-2-4-6-19/h2-10,20H,11-15,17H2,1H3. The second kappa shape index (κ2) is 8.83. The molecule has 1 fully saturated rings. The lowest BCUT2D eigenvalue weighted by molar-refractivity contribution is 0.262. The van der Waals surface area contributed by atoms with Crippen molar-refractivity contribution in [3.8, 4) is 11.8 Å². The second-order valence-corrected chi connectivity index (χ2v) is 7.60. The number of hydrogen-bond donors (Lipinski definition) is 0. The normalized spacial score (nSPS) is 14.6. The molecular weight excluding hydrogens is 362 g/mol. The number of ether oxygens (including phenoxy) is 1. The van der Waals surface area contributed by atoms with Crippen LogP contribution >= 0.6 is 0 Å². The summed E-state index contributed by atoms with van der Waals surface area (Å²) < 4.78 is 11.7. The first-order valence-corrected chi connectivity index (χ1v) is 10.1. The van der Waals surface area contributed by atoms with Gasteiger partial charge in [-0.05, 0) is 49.8 Å². The van der Waals surface area contributed by atoms with Gasteiger partial charge in [-0.3, -0.25) is 0 Å². The molecule has 1 aliphatic rings. The van der Waals surface area contributed by atoms with Gasteiger partial charge < -0.3 is 14.1 Å². The van der Waals surface area contributed by atoms with Crippen molar-refractivity contribution in [1.29, 1.82) is 5.26 Å². The minimum Gasteiger partial charge on any atom is -0.484 e. The van der Waals surface area contributed by atoms with Gasteiger partial charge >= 0.3 is 0 Å². The molecule has 5 nitrogen and oxygen atoms in total. The maximum Gasteiger partial charge on any atom is 0.236 e. The number of aromatic nitrogens is 1. The summed E-state index contributed by atoms with van der Waals surface area (Å²) in [6, 6.07) is 20.6. The molecule has 0 unspecified atom stereocenters. The summed E-state index contributed by atoms with van der Waals surface area (Å²) in [7, 11) is 0. The predicted octanol–water partition coefficient (Wildman–Crippen LogP) is 4.89. The smallest absolute Gasteiger partial charge is 0.236 e. The fourth-order valence-electron chi connectivity index (χ4n) is 3.77. The molecule has 2 heterocycles. The summed E-state index contributed by atoms with van der Waals surface area (Å²) in [5.41, 5.74) is 2.91. The fraction of sp³-hybridized carbons (Fsp3) is 0.333. The van der Waals surface area contributed by atoms with Crippen LogP contribution in [0.5, 0.6) is 5.75 Å². The van der Waals surface area contributed by atoms with Crippen molar-refractivity contribution in [3.05, 3.63) is 77.3 Å². The van der Waals surface area contributed by atoms with E-state index in [1.807, 2.05) is 31.2 Å². The van der Waals surface area contributed by atoms with Crippen LogP contribution < -0.4 is 9.64 Å². The van der Waals surface area contributed by atoms with Crippen LogP contribution in [0, 0.1) is 24.2 Å². The van der Waals surface area contributed by atoms with Gasteiger partial charge in [-0.2, -0.15) is 10.2 Å². The van der Waals surface area contributed by atoms with Crippen molar-refractivity contribution in [2.24, 2.45) is 5.92 Å². The third kappa shape index (κ3) is 4.78. The summed E-state index contributed by atoms with van der Waals surface area (Å²) in [6.45, 7) is 3.99. The van der Waals surface area contributed by atoms with E-state index < -0.39 is 0 Å². The molecule has 4 rings (SSSR count). The Morgan fingerprint density at radius 1 is 1.10 bits per heavy atom. The second-order valence-electron chi connectivity index (χ2n) is 7.60. The Morgan fingerprint density at radius 3 is 2.52 bits per heavy atom. The minimum absolute atomic E-state index is 0.211. The van der Waals surface area contributed by atoms with Gasteiger partial charge in [-0.1, -0.05) is 48.0 Å². The first-order valence-electron chi connectivity index (χ1n) is 10.1. The summed E-state index contributed by atoms with van der Waals surface area (Å²) >= 11 is 0. The molecule has 0 atom stereocenters. The molecule has 1 saturated heterocycles. The first-order chi connectivity index (χ1) is 14.2. The molecule has 0 bridgehead atoms. The molecular formula is C24H25N3O2. The topological polar surface area (TPSA) is 62.3 Å². The Labute approximate surface area is 171 Å². The predicted molar refractivity (Wildman–Crippen MR) is 112 cm³/mol. The molecule has 1 aromatic heterocycles. The van der Waals surface area contributed by atoms with Crippen molar-refractivity contribution < 1.29 is 9.15 Å². The molecule has 1 aliphatic heterocycles. The molecule has 0 radical (unpaired) electrons. The van der Waals surface area contributed by atoms with Crippen molar-refractivity contribution in [2.75, 3.05) is 18.0 Å². The minimum atomic E-state index is 0.211. The Hall–Kier alpha value is -3.26. The number of rotatable bonds is 6. The van der Waals surface area contributed by atoms with E-state index in [0.717, 1.165) is 38.1 Å². The van der Waals surface area contributed by atoms with Crippen LogP contribution in [0.25, 0.3) is 0 Å². The Morgan fingerprint density at radius 2 is 1.83 bits per heavy atom. The Bertz CT molecular complexity index is 966. The third-order valence-corrected chi connectivity index (χ3v) is 5.41. The summed E-state index contributed by atoms with van der Waals surface area (Å²) in [6.07, 6.45) is 3.26.